The molecular weight excluding hydrogens is 208 g/mol. The van der Waals surface area contributed by atoms with Gasteiger partial charge in [0.15, 0.2) is 0 Å². The molecule has 0 aliphatic heterocycles. The number of halogens is 1. The van der Waals surface area contributed by atoms with Crippen molar-refractivity contribution in [1.29, 1.82) is 0 Å². The van der Waals surface area contributed by atoms with Gasteiger partial charge in [0.25, 0.3) is 5.91 Å². The first-order chi connectivity index (χ1) is 6.18. The summed E-state index contributed by atoms with van der Waals surface area (Å²) in [4.78, 5) is 15.0. The fourth-order valence-corrected chi connectivity index (χ4v) is 2.23. The lowest BCUT2D eigenvalue weighted by Gasteiger charge is -1.92. The molecule has 2 heterocycles. The van der Waals surface area contributed by atoms with Crippen LogP contribution in [0.2, 0.25) is 5.02 Å². The van der Waals surface area contributed by atoms with E-state index in [0.29, 0.717) is 16.1 Å². The number of thiophene rings is 1. The Hall–Kier alpha value is -1.13. The molecule has 1 amide bonds. The second-order valence-corrected chi connectivity index (χ2v) is 3.86. The average Bonchev–Trinajstić information content (AvgIpc) is 2.46. The van der Waals surface area contributed by atoms with Crippen LogP contribution in [0.1, 0.15) is 10.4 Å². The maximum atomic E-state index is 10.9. The predicted molar refractivity (Wildman–Crippen MR) is 53.1 cm³/mol. The van der Waals surface area contributed by atoms with Gasteiger partial charge in [-0.15, -0.1) is 11.3 Å². The molecule has 2 rings (SSSR count). The highest BCUT2D eigenvalue weighted by Gasteiger charge is 2.09. The van der Waals surface area contributed by atoms with Gasteiger partial charge in [-0.2, -0.15) is 0 Å². The van der Waals surface area contributed by atoms with E-state index in [2.05, 4.69) is 4.98 Å². The minimum absolute atomic E-state index is 0.455. The van der Waals surface area contributed by atoms with E-state index in [1.54, 1.807) is 11.4 Å². The van der Waals surface area contributed by atoms with Gasteiger partial charge >= 0.3 is 0 Å². The third-order valence-corrected chi connectivity index (χ3v) is 2.77. The lowest BCUT2D eigenvalue weighted by molar-refractivity contribution is 0.100. The first-order valence-electron chi connectivity index (χ1n) is 3.51. The molecule has 0 radical (unpaired) electrons. The van der Waals surface area contributed by atoms with E-state index in [9.17, 15) is 4.79 Å². The number of carbonyl (C=O) groups is 1. The molecule has 3 nitrogen and oxygen atoms in total. The molecule has 0 spiro atoms. The van der Waals surface area contributed by atoms with Crippen LogP contribution in [0.4, 0.5) is 0 Å². The van der Waals surface area contributed by atoms with Gasteiger partial charge in [0, 0.05) is 11.6 Å². The Bertz CT molecular complexity index is 480. The topological polar surface area (TPSA) is 56.0 Å². The molecule has 2 aromatic heterocycles. The van der Waals surface area contributed by atoms with Crippen molar-refractivity contribution < 1.29 is 4.79 Å². The van der Waals surface area contributed by atoms with E-state index in [1.165, 1.54) is 17.5 Å². The quantitative estimate of drug-likeness (QED) is 0.787. The minimum atomic E-state index is -0.457. The number of amides is 1. The van der Waals surface area contributed by atoms with Gasteiger partial charge in [-0.3, -0.25) is 9.78 Å². The number of nitrogens with zero attached hydrogens (tertiary/aromatic N) is 1. The Morgan fingerprint density at radius 1 is 1.62 bits per heavy atom. The molecule has 13 heavy (non-hydrogen) atoms. The minimum Gasteiger partial charge on any atom is -0.366 e. The zero-order valence-corrected chi connectivity index (χ0v) is 8.02. The lowest BCUT2D eigenvalue weighted by Crippen LogP contribution is -2.10. The van der Waals surface area contributed by atoms with Gasteiger partial charge in [-0.25, -0.2) is 0 Å². The Labute approximate surface area is 83.1 Å². The zero-order chi connectivity index (χ0) is 9.42. The van der Waals surface area contributed by atoms with Crippen molar-refractivity contribution in [3.8, 4) is 0 Å². The largest absolute Gasteiger partial charge is 0.366 e. The van der Waals surface area contributed by atoms with Crippen LogP contribution in [0.3, 0.4) is 0 Å². The van der Waals surface area contributed by atoms with Crippen LogP contribution >= 0.6 is 22.9 Å². The second kappa shape index (κ2) is 2.97. The van der Waals surface area contributed by atoms with Gasteiger partial charge in [0.05, 0.1) is 20.8 Å². The van der Waals surface area contributed by atoms with E-state index in [1.807, 2.05) is 0 Å². The smallest absolute Gasteiger partial charge is 0.251 e. The van der Waals surface area contributed by atoms with Crippen molar-refractivity contribution in [1.82, 2.24) is 4.98 Å². The summed E-state index contributed by atoms with van der Waals surface area (Å²) in [6.07, 6.45) is 1.50. The summed E-state index contributed by atoms with van der Waals surface area (Å²) in [7, 11) is 0. The molecular formula is C8H5ClN2OS. The van der Waals surface area contributed by atoms with Crippen LogP contribution < -0.4 is 5.73 Å². The fourth-order valence-electron chi connectivity index (χ4n) is 1.07. The molecule has 2 aromatic rings. The summed E-state index contributed by atoms with van der Waals surface area (Å²) in [5.74, 6) is -0.457. The molecule has 0 atom stereocenters. The van der Waals surface area contributed by atoms with Crippen molar-refractivity contribution in [2.45, 2.75) is 0 Å². The highest BCUT2D eigenvalue weighted by atomic mass is 35.5. The molecule has 0 saturated carbocycles. The van der Waals surface area contributed by atoms with E-state index in [-0.39, 0.29) is 0 Å². The number of primary amides is 1. The molecule has 0 aromatic carbocycles. The number of rotatable bonds is 1. The summed E-state index contributed by atoms with van der Waals surface area (Å²) in [6, 6.07) is 1.76. The number of aromatic nitrogens is 1. The van der Waals surface area contributed by atoms with Gasteiger partial charge < -0.3 is 5.73 Å². The van der Waals surface area contributed by atoms with E-state index in [0.717, 1.165) is 4.70 Å². The molecule has 0 unspecified atom stereocenters. The maximum Gasteiger partial charge on any atom is 0.251 e. The van der Waals surface area contributed by atoms with Crippen LogP contribution in [0.25, 0.3) is 10.2 Å². The van der Waals surface area contributed by atoms with Gasteiger partial charge in [0.2, 0.25) is 0 Å². The second-order valence-electron chi connectivity index (χ2n) is 2.51. The van der Waals surface area contributed by atoms with Crippen molar-refractivity contribution in [3.05, 3.63) is 28.2 Å². The molecule has 0 fully saturated rings. The van der Waals surface area contributed by atoms with Crippen LogP contribution in [-0.4, -0.2) is 10.9 Å². The van der Waals surface area contributed by atoms with Crippen LogP contribution in [0.5, 0.6) is 0 Å². The monoisotopic (exact) mass is 212 g/mol. The first kappa shape index (κ1) is 8.47. The van der Waals surface area contributed by atoms with E-state index < -0.39 is 5.91 Å². The summed E-state index contributed by atoms with van der Waals surface area (Å²) in [6.45, 7) is 0. The predicted octanol–water partition coefficient (Wildman–Crippen LogP) is 2.05. The molecule has 2 N–H and O–H groups in total. The Morgan fingerprint density at radius 2 is 2.38 bits per heavy atom. The van der Waals surface area contributed by atoms with Crippen molar-refractivity contribution >= 4 is 39.1 Å². The Morgan fingerprint density at radius 3 is 3.08 bits per heavy atom. The SMILES string of the molecule is NC(=O)c1csc2cc(Cl)cnc12. The molecule has 66 valence electrons. The Kier molecular flexibility index (Phi) is 1.94. The number of fused-ring (bicyclic) bond motifs is 1. The fraction of sp³-hybridized carbons (Fsp3) is 0. The third-order valence-electron chi connectivity index (χ3n) is 1.64. The molecule has 0 aliphatic carbocycles. The number of pyridine rings is 1. The van der Waals surface area contributed by atoms with Crippen LogP contribution in [-0.2, 0) is 0 Å². The highest BCUT2D eigenvalue weighted by molar-refractivity contribution is 7.17. The number of nitrogens with two attached hydrogens (primary N) is 1. The maximum absolute atomic E-state index is 10.9. The van der Waals surface area contributed by atoms with E-state index in [4.69, 9.17) is 17.3 Å². The van der Waals surface area contributed by atoms with Gasteiger partial charge in [-0.05, 0) is 6.07 Å². The summed E-state index contributed by atoms with van der Waals surface area (Å²) in [5, 5.41) is 2.25. The normalized spacial score (nSPS) is 10.5. The van der Waals surface area contributed by atoms with Gasteiger partial charge in [0.1, 0.15) is 0 Å². The summed E-state index contributed by atoms with van der Waals surface area (Å²) < 4.78 is 0.876. The molecule has 0 bridgehead atoms. The first-order valence-corrected chi connectivity index (χ1v) is 4.77. The lowest BCUT2D eigenvalue weighted by atomic mass is 10.2. The van der Waals surface area contributed by atoms with Crippen molar-refractivity contribution in [2.75, 3.05) is 0 Å². The summed E-state index contributed by atoms with van der Waals surface area (Å²) in [5.41, 5.74) is 6.24. The number of carbonyl (C=O) groups excluding carboxylic acids is 1. The molecule has 0 aliphatic rings. The average molecular weight is 213 g/mol. The number of hydrogen-bond acceptors (Lipinski definition) is 3. The highest BCUT2D eigenvalue weighted by Crippen LogP contribution is 2.25. The van der Waals surface area contributed by atoms with Gasteiger partial charge in [-0.1, -0.05) is 11.6 Å². The number of hydrogen-bond donors (Lipinski definition) is 1. The van der Waals surface area contributed by atoms with Crippen LogP contribution in [0, 0.1) is 0 Å². The van der Waals surface area contributed by atoms with Crippen molar-refractivity contribution in [3.63, 3.8) is 0 Å². The standard InChI is InChI=1S/C8H5ClN2OS/c9-4-1-6-7(11-2-4)5(3-13-6)8(10)12/h1-3H,(H2,10,12). The Balaban J connectivity index is 2.76. The summed E-state index contributed by atoms with van der Waals surface area (Å²) >= 11 is 7.14. The van der Waals surface area contributed by atoms with E-state index >= 15 is 0 Å². The zero-order valence-electron chi connectivity index (χ0n) is 6.45. The van der Waals surface area contributed by atoms with Crippen LogP contribution in [0.15, 0.2) is 17.6 Å². The molecule has 0 saturated heterocycles. The third kappa shape index (κ3) is 1.38. The molecule has 5 heteroatoms. The van der Waals surface area contributed by atoms with Crippen molar-refractivity contribution in [2.24, 2.45) is 5.73 Å².